The molecule has 0 spiro atoms. The molecule has 0 atom stereocenters. The van der Waals surface area contributed by atoms with Gasteiger partial charge in [0, 0.05) is 17.1 Å². The first-order valence-electron chi connectivity index (χ1n) is 17.2. The Balaban J connectivity index is 0.000000826. The first-order chi connectivity index (χ1) is 22.9. The minimum atomic E-state index is -0.596. The summed E-state index contributed by atoms with van der Waals surface area (Å²) in [5.41, 5.74) is 11.3. The van der Waals surface area contributed by atoms with E-state index in [2.05, 4.69) is 171 Å². The number of hydrogen-bond acceptors (Lipinski definition) is 0. The third-order valence-electron chi connectivity index (χ3n) is 9.06. The van der Waals surface area contributed by atoms with Crippen LogP contribution in [0.5, 0.6) is 0 Å². The second kappa shape index (κ2) is 17.3. The Morgan fingerprint density at radius 1 is 0.551 bits per heavy atom. The van der Waals surface area contributed by atoms with E-state index >= 15 is 0 Å². The quantitative estimate of drug-likeness (QED) is 0.0834. The molecule has 0 radical (unpaired) electrons. The summed E-state index contributed by atoms with van der Waals surface area (Å²) in [7, 11) is -0.932. The van der Waals surface area contributed by atoms with Crippen molar-refractivity contribution in [2.24, 2.45) is 0 Å². The second-order valence-electron chi connectivity index (χ2n) is 14.7. The van der Waals surface area contributed by atoms with Crippen molar-refractivity contribution in [1.82, 2.24) is 0 Å². The maximum Gasteiger partial charge on any atom is 0 e. The van der Waals surface area contributed by atoms with Gasteiger partial charge < -0.3 is 30.3 Å². The second-order valence-corrected chi connectivity index (χ2v) is 20.7. The maximum absolute atomic E-state index is 2.57. The molecule has 6 aromatic rings. The summed E-state index contributed by atoms with van der Waals surface area (Å²) in [6.07, 6.45) is 2.17. The van der Waals surface area contributed by atoms with E-state index in [-0.39, 0.29) is 35.3 Å². The molecule has 0 saturated heterocycles. The molecule has 6 rings (SSSR count). The van der Waals surface area contributed by atoms with Crippen molar-refractivity contribution in [3.8, 4) is 22.3 Å². The van der Waals surface area contributed by atoms with E-state index in [4.69, 9.17) is 0 Å². The zero-order chi connectivity index (χ0) is 34.3. The Kier molecular flexibility index (Phi) is 13.6. The molecule has 0 heterocycles. The van der Waals surface area contributed by atoms with Gasteiger partial charge in [-0.2, -0.15) is 22.8 Å². The van der Waals surface area contributed by atoms with Crippen LogP contribution in [0.4, 0.5) is 0 Å². The molecule has 0 aliphatic rings. The Morgan fingerprint density at radius 3 is 1.39 bits per heavy atom. The summed E-state index contributed by atoms with van der Waals surface area (Å²) < 4.78 is 0. The van der Waals surface area contributed by atoms with Gasteiger partial charge in [0.15, 0.2) is 0 Å². The van der Waals surface area contributed by atoms with Gasteiger partial charge in [0.05, 0.1) is 0 Å². The van der Waals surface area contributed by atoms with Crippen molar-refractivity contribution in [2.45, 2.75) is 78.0 Å². The summed E-state index contributed by atoms with van der Waals surface area (Å²) in [5, 5.41) is 3.46. The van der Waals surface area contributed by atoms with E-state index in [0.717, 1.165) is 12.3 Å². The van der Waals surface area contributed by atoms with Gasteiger partial charge in [0.25, 0.3) is 0 Å². The van der Waals surface area contributed by atoms with Crippen LogP contribution in [0.1, 0.15) is 63.8 Å². The van der Waals surface area contributed by atoms with Crippen molar-refractivity contribution >= 4 is 26.5 Å². The fourth-order valence-corrected chi connectivity index (χ4v) is 13.3. The first-order valence-corrected chi connectivity index (χ1v) is 20.3. The fourth-order valence-electron chi connectivity index (χ4n) is 6.92. The third-order valence-corrected chi connectivity index (χ3v) is 15.8. The third kappa shape index (κ3) is 9.81. The van der Waals surface area contributed by atoms with Crippen molar-refractivity contribution in [3.63, 3.8) is 0 Å². The molecule has 0 N–H and O–H groups in total. The Labute approximate surface area is 310 Å². The van der Waals surface area contributed by atoms with Crippen LogP contribution >= 0.6 is 15.8 Å². The predicted molar refractivity (Wildman–Crippen MR) is 217 cm³/mol. The van der Waals surface area contributed by atoms with Crippen molar-refractivity contribution < 1.29 is 17.1 Å². The van der Waals surface area contributed by atoms with Gasteiger partial charge in [-0.15, -0.1) is 5.56 Å². The van der Waals surface area contributed by atoms with Crippen LogP contribution in [0.25, 0.3) is 22.3 Å². The van der Waals surface area contributed by atoms with Gasteiger partial charge in [-0.3, -0.25) is 0 Å². The molecule has 0 saturated carbocycles. The zero-order valence-electron chi connectivity index (χ0n) is 30.5. The Morgan fingerprint density at radius 2 is 0.959 bits per heavy atom. The van der Waals surface area contributed by atoms with Gasteiger partial charge in [-0.05, 0) is 58.2 Å². The molecule has 0 aliphatic heterocycles. The number of rotatable bonds is 8. The van der Waals surface area contributed by atoms with Crippen LogP contribution in [0.2, 0.25) is 0 Å². The van der Waals surface area contributed by atoms with Gasteiger partial charge >= 0.3 is 0 Å². The topological polar surface area (TPSA) is 0 Å². The van der Waals surface area contributed by atoms with Gasteiger partial charge in [0.1, 0.15) is 0 Å². The summed E-state index contributed by atoms with van der Waals surface area (Å²) in [6.45, 7) is 19.3. The van der Waals surface area contributed by atoms with Crippen LogP contribution in [-0.4, -0.2) is 10.3 Å². The number of benzene rings is 4. The SMILES string of the molecule is Cc1ccccc1P(C[c-]1cc(-c2ccccc2)c(-c2ccccc2)c1CP(C(C)(C)C)C(C)(C)C)c1ccccc1C.[Fe].[cH-]1[cH-][cH-][cH-][cH-]1. The van der Waals surface area contributed by atoms with Crippen molar-refractivity contribution in [1.29, 1.82) is 0 Å². The Hall–Kier alpha value is -3.04. The van der Waals surface area contributed by atoms with E-state index in [1.807, 2.05) is 30.3 Å². The average molecular weight is 723 g/mol. The Bertz CT molecular complexity index is 1780. The van der Waals surface area contributed by atoms with E-state index in [1.165, 1.54) is 49.6 Å². The normalized spacial score (nSPS) is 11.6. The minimum absolute atomic E-state index is 0. The molecule has 49 heavy (non-hydrogen) atoms. The molecule has 0 amide bonds. The fraction of sp³-hybridized carbons (Fsp3) is 0.261. The summed E-state index contributed by atoms with van der Waals surface area (Å²) in [4.78, 5) is 0. The molecule has 260 valence electrons. The minimum Gasteiger partial charge on any atom is -0.748 e. The molecule has 0 aromatic heterocycles. The van der Waals surface area contributed by atoms with Gasteiger partial charge in [0.2, 0.25) is 0 Å². The monoisotopic (exact) mass is 722 g/mol. The molecule has 6 aromatic carbocycles. The van der Waals surface area contributed by atoms with Crippen LogP contribution in [0.15, 0.2) is 146 Å². The molecule has 0 bridgehead atoms. The van der Waals surface area contributed by atoms with E-state index < -0.39 is 7.92 Å². The molecule has 0 nitrogen and oxygen atoms in total. The van der Waals surface area contributed by atoms with Gasteiger partial charge in [-0.25, -0.2) is 0 Å². The number of aryl methyl sites for hydroxylation is 2. The molecule has 0 unspecified atom stereocenters. The van der Waals surface area contributed by atoms with E-state index in [0.29, 0.717) is 0 Å². The molecular weight excluding hydrogens is 670 g/mol. The maximum atomic E-state index is 2.57. The standard InChI is InChI=1S/C41H47P2.C5H5.Fe/c1-30-19-15-17-25-37(30)42(38-26-18-16-20-31(38)2)28-34-27-35(32-21-11-9-12-22-32)39(33-23-13-10-14-24-33)36(34)29-43(40(3,4)5)41(6,7)8;1-2-4-5-3-1;/h9-27H,28-29H2,1-8H3;1-5H;/q-1;-5;. The van der Waals surface area contributed by atoms with Gasteiger partial charge in [-0.1, -0.05) is 178 Å². The molecule has 3 heteroatoms. The smallest absolute Gasteiger partial charge is 0 e. The molecule has 0 fully saturated rings. The van der Waals surface area contributed by atoms with Crippen molar-refractivity contribution in [3.05, 3.63) is 168 Å². The average Bonchev–Trinajstić information content (AvgIpc) is 3.76. The first kappa shape index (κ1) is 38.8. The summed E-state index contributed by atoms with van der Waals surface area (Å²) in [5.74, 6) is 0. The molecular formula is C46H52FeP2-6. The molecule has 0 aliphatic carbocycles. The number of hydrogen-bond donors (Lipinski definition) is 0. The predicted octanol–water partition coefficient (Wildman–Crippen LogP) is 13.0. The largest absolute Gasteiger partial charge is 0.748 e. The summed E-state index contributed by atoms with van der Waals surface area (Å²) in [6, 6.07) is 53.0. The zero-order valence-corrected chi connectivity index (χ0v) is 33.4. The summed E-state index contributed by atoms with van der Waals surface area (Å²) >= 11 is 0. The van der Waals surface area contributed by atoms with Crippen LogP contribution < -0.4 is 10.6 Å². The van der Waals surface area contributed by atoms with Crippen molar-refractivity contribution in [2.75, 3.05) is 0 Å². The van der Waals surface area contributed by atoms with E-state index in [9.17, 15) is 0 Å². The van der Waals surface area contributed by atoms with Crippen LogP contribution in [-0.2, 0) is 29.4 Å². The van der Waals surface area contributed by atoms with Crippen LogP contribution in [0.3, 0.4) is 0 Å². The van der Waals surface area contributed by atoms with E-state index in [1.54, 1.807) is 5.56 Å². The van der Waals surface area contributed by atoms with Crippen LogP contribution in [0, 0.1) is 13.8 Å².